The fourth-order valence-electron chi connectivity index (χ4n) is 3.10. The molecule has 2 amide bonds. The largest absolute Gasteiger partial charge is 0.376 e. The predicted molar refractivity (Wildman–Crippen MR) is 79.9 cm³/mol. The lowest BCUT2D eigenvalue weighted by Gasteiger charge is -2.23. The number of hydrogen-bond acceptors (Lipinski definition) is 4. The van der Waals surface area contributed by atoms with Gasteiger partial charge in [-0.3, -0.25) is 9.59 Å². The maximum Gasteiger partial charge on any atom is 0.226 e. The highest BCUT2D eigenvalue weighted by atomic mass is 32.1. The molecule has 1 aromatic rings. The molecule has 2 fully saturated rings. The topological polar surface area (TPSA) is 58.6 Å². The number of carbonyl (C=O) groups excluding carboxylic acids is 2. The van der Waals surface area contributed by atoms with Crippen molar-refractivity contribution >= 4 is 23.2 Å². The number of carbonyl (C=O) groups is 2. The summed E-state index contributed by atoms with van der Waals surface area (Å²) in [4.78, 5) is 27.2. The van der Waals surface area contributed by atoms with E-state index in [0.29, 0.717) is 6.54 Å². The van der Waals surface area contributed by atoms with Crippen LogP contribution in [0.15, 0.2) is 17.5 Å². The van der Waals surface area contributed by atoms with Crippen LogP contribution in [0.25, 0.3) is 0 Å². The maximum absolute atomic E-state index is 12.5. The summed E-state index contributed by atoms with van der Waals surface area (Å²) in [5.41, 5.74) is 0. The Bertz CT molecular complexity index is 511. The van der Waals surface area contributed by atoms with Gasteiger partial charge in [0, 0.05) is 31.5 Å². The summed E-state index contributed by atoms with van der Waals surface area (Å²) in [6.45, 7) is 1.33. The molecule has 0 radical (unpaired) electrons. The van der Waals surface area contributed by atoms with Gasteiger partial charge in [-0.2, -0.15) is 0 Å². The Morgan fingerprint density at radius 1 is 1.57 bits per heavy atom. The van der Waals surface area contributed by atoms with Crippen LogP contribution in [0.3, 0.4) is 0 Å². The third-order valence-corrected chi connectivity index (χ3v) is 5.23. The number of nitrogens with zero attached hydrogens (tertiary/aromatic N) is 1. The van der Waals surface area contributed by atoms with Crippen molar-refractivity contribution in [3.63, 3.8) is 0 Å². The first-order valence-corrected chi connectivity index (χ1v) is 8.23. The second-order valence-electron chi connectivity index (χ2n) is 5.66. The van der Waals surface area contributed by atoms with E-state index in [0.717, 1.165) is 24.3 Å². The second-order valence-corrected chi connectivity index (χ2v) is 6.63. The second kappa shape index (κ2) is 6.15. The van der Waals surface area contributed by atoms with Crippen LogP contribution >= 0.6 is 11.3 Å². The molecule has 21 heavy (non-hydrogen) atoms. The predicted octanol–water partition coefficient (Wildman–Crippen LogP) is 1.56. The molecular formula is C15H20N2O3S. The molecule has 2 saturated heterocycles. The summed E-state index contributed by atoms with van der Waals surface area (Å²) in [5, 5.41) is 4.94. The first-order chi connectivity index (χ1) is 10.2. The minimum absolute atomic E-state index is 0.0330. The minimum atomic E-state index is -0.303. The Morgan fingerprint density at radius 2 is 2.43 bits per heavy atom. The highest BCUT2D eigenvalue weighted by Gasteiger charge is 2.43. The van der Waals surface area contributed by atoms with Gasteiger partial charge in [0.05, 0.1) is 18.1 Å². The Morgan fingerprint density at radius 3 is 3.10 bits per heavy atom. The van der Waals surface area contributed by atoms with E-state index in [1.807, 2.05) is 17.5 Å². The van der Waals surface area contributed by atoms with E-state index in [9.17, 15) is 9.59 Å². The smallest absolute Gasteiger partial charge is 0.226 e. The third-order valence-electron chi connectivity index (χ3n) is 4.29. The fourth-order valence-corrected chi connectivity index (χ4v) is 4.04. The zero-order valence-electron chi connectivity index (χ0n) is 12.1. The third kappa shape index (κ3) is 2.96. The van der Waals surface area contributed by atoms with Crippen molar-refractivity contribution in [2.75, 3.05) is 20.2 Å². The quantitative estimate of drug-likeness (QED) is 0.918. The Labute approximate surface area is 128 Å². The number of likely N-dealkylation sites (tertiary alicyclic amines) is 1. The zero-order valence-corrected chi connectivity index (χ0v) is 12.9. The van der Waals surface area contributed by atoms with Gasteiger partial charge in [-0.1, -0.05) is 6.07 Å². The van der Waals surface area contributed by atoms with E-state index in [1.54, 1.807) is 23.3 Å². The van der Waals surface area contributed by atoms with E-state index in [2.05, 4.69) is 5.32 Å². The molecule has 2 aliphatic rings. The van der Waals surface area contributed by atoms with Gasteiger partial charge >= 0.3 is 0 Å². The summed E-state index contributed by atoms with van der Waals surface area (Å²) in [5.74, 6) is -0.310. The van der Waals surface area contributed by atoms with E-state index >= 15 is 0 Å². The molecule has 3 heterocycles. The van der Waals surface area contributed by atoms with Crippen molar-refractivity contribution in [1.82, 2.24) is 10.2 Å². The van der Waals surface area contributed by atoms with Crippen LogP contribution in [0.5, 0.6) is 0 Å². The molecule has 1 aromatic heterocycles. The summed E-state index contributed by atoms with van der Waals surface area (Å²) < 4.78 is 5.52. The van der Waals surface area contributed by atoms with Crippen LogP contribution < -0.4 is 5.32 Å². The van der Waals surface area contributed by atoms with Crippen molar-refractivity contribution < 1.29 is 14.3 Å². The van der Waals surface area contributed by atoms with Crippen molar-refractivity contribution in [2.45, 2.75) is 31.4 Å². The molecule has 1 N–H and O–H groups in total. The Hall–Kier alpha value is -1.40. The molecular weight excluding hydrogens is 288 g/mol. The average molecular weight is 308 g/mol. The van der Waals surface area contributed by atoms with Crippen LogP contribution in [0, 0.1) is 5.92 Å². The summed E-state index contributed by atoms with van der Waals surface area (Å²) in [6, 6.07) is 3.81. The van der Waals surface area contributed by atoms with Gasteiger partial charge < -0.3 is 15.0 Å². The highest BCUT2D eigenvalue weighted by molar-refractivity contribution is 7.10. The summed E-state index contributed by atoms with van der Waals surface area (Å²) in [7, 11) is 1.78. The zero-order chi connectivity index (χ0) is 14.8. The molecule has 0 aromatic carbocycles. The van der Waals surface area contributed by atoms with Crippen molar-refractivity contribution in [3.05, 3.63) is 22.4 Å². The molecule has 5 nitrogen and oxygen atoms in total. The molecule has 0 unspecified atom stereocenters. The summed E-state index contributed by atoms with van der Waals surface area (Å²) in [6.07, 6.45) is 2.47. The SMILES string of the molecule is CN1C(=O)C[C@H](C(=O)NC[C@H]2CCCO2)[C@H]1c1cccs1. The van der Waals surface area contributed by atoms with Crippen molar-refractivity contribution in [1.29, 1.82) is 0 Å². The summed E-state index contributed by atoms with van der Waals surface area (Å²) >= 11 is 1.59. The van der Waals surface area contributed by atoms with Gasteiger partial charge in [0.1, 0.15) is 0 Å². The molecule has 6 heteroatoms. The van der Waals surface area contributed by atoms with Crippen molar-refractivity contribution in [2.24, 2.45) is 5.92 Å². The molecule has 2 aliphatic heterocycles. The molecule has 0 bridgehead atoms. The lowest BCUT2D eigenvalue weighted by atomic mass is 9.98. The molecule has 3 rings (SSSR count). The standard InChI is InChI=1S/C15H20N2O3S/c1-17-13(18)8-11(14(17)12-5-3-7-21-12)15(19)16-9-10-4-2-6-20-10/h3,5,7,10-11,14H,2,4,6,8-9H2,1H3,(H,16,19)/t10-,11+,14+/m1/s1. The van der Waals surface area contributed by atoms with Crippen LogP contribution in [0.1, 0.15) is 30.2 Å². The first-order valence-electron chi connectivity index (χ1n) is 7.35. The highest BCUT2D eigenvalue weighted by Crippen LogP contribution is 2.39. The molecule has 0 saturated carbocycles. The molecule has 0 spiro atoms. The molecule has 3 atom stereocenters. The number of thiophene rings is 1. The van der Waals surface area contributed by atoms with Crippen LogP contribution in [-0.4, -0.2) is 43.0 Å². The number of ether oxygens (including phenoxy) is 1. The normalized spacial score (nSPS) is 29.1. The number of amides is 2. The minimum Gasteiger partial charge on any atom is -0.376 e. The van der Waals surface area contributed by atoms with E-state index < -0.39 is 0 Å². The van der Waals surface area contributed by atoms with Gasteiger partial charge in [-0.25, -0.2) is 0 Å². The monoisotopic (exact) mass is 308 g/mol. The first kappa shape index (κ1) is 14.5. The Kier molecular flexibility index (Phi) is 4.26. The van der Waals surface area contributed by atoms with Gasteiger partial charge in [-0.05, 0) is 24.3 Å². The van der Waals surface area contributed by atoms with E-state index in [1.165, 1.54) is 0 Å². The van der Waals surface area contributed by atoms with Gasteiger partial charge in [0.25, 0.3) is 0 Å². The lowest BCUT2D eigenvalue weighted by Crippen LogP contribution is -2.38. The van der Waals surface area contributed by atoms with Gasteiger partial charge in [-0.15, -0.1) is 11.3 Å². The number of hydrogen-bond donors (Lipinski definition) is 1. The van der Waals surface area contributed by atoms with Crippen LogP contribution in [-0.2, 0) is 14.3 Å². The fraction of sp³-hybridized carbons (Fsp3) is 0.600. The van der Waals surface area contributed by atoms with Gasteiger partial charge in [0.2, 0.25) is 11.8 Å². The van der Waals surface area contributed by atoms with E-state index in [4.69, 9.17) is 4.74 Å². The molecule has 114 valence electrons. The number of rotatable bonds is 4. The van der Waals surface area contributed by atoms with Gasteiger partial charge in [0.15, 0.2) is 0 Å². The maximum atomic E-state index is 12.5. The lowest BCUT2D eigenvalue weighted by molar-refractivity contribution is -0.128. The average Bonchev–Trinajstić information content (AvgIpc) is 3.19. The van der Waals surface area contributed by atoms with Crippen LogP contribution in [0.4, 0.5) is 0 Å². The van der Waals surface area contributed by atoms with Crippen molar-refractivity contribution in [3.8, 4) is 0 Å². The van der Waals surface area contributed by atoms with E-state index in [-0.39, 0.29) is 36.3 Å². The van der Waals surface area contributed by atoms with Crippen LogP contribution in [0.2, 0.25) is 0 Å². The Balaban J connectivity index is 1.67. The number of nitrogens with one attached hydrogen (secondary N) is 1. The molecule has 0 aliphatic carbocycles.